The van der Waals surface area contributed by atoms with Crippen LogP contribution >= 0.6 is 0 Å². The van der Waals surface area contributed by atoms with Gasteiger partial charge in [-0.1, -0.05) is 24.3 Å². The Kier molecular flexibility index (Phi) is 5.37. The van der Waals surface area contributed by atoms with E-state index < -0.39 is 5.97 Å². The fraction of sp³-hybridized carbons (Fsp3) is 0.529. The van der Waals surface area contributed by atoms with Gasteiger partial charge in [-0.25, -0.2) is 0 Å². The molecule has 0 aromatic heterocycles. The van der Waals surface area contributed by atoms with Crippen molar-refractivity contribution in [1.29, 1.82) is 0 Å². The third kappa shape index (κ3) is 3.63. The maximum absolute atomic E-state index is 12.4. The zero-order chi connectivity index (χ0) is 15.2. The number of rotatable bonds is 5. The first kappa shape index (κ1) is 15.5. The second-order valence-electron chi connectivity index (χ2n) is 5.27. The van der Waals surface area contributed by atoms with Crippen LogP contribution in [0.4, 0.5) is 0 Å². The van der Waals surface area contributed by atoms with Crippen molar-refractivity contribution in [3.05, 3.63) is 35.4 Å². The second kappa shape index (κ2) is 7.25. The normalized spacial score (nSPS) is 17.0. The molecule has 0 unspecified atom stereocenters. The number of ether oxygens (including phenoxy) is 1. The molecule has 1 atom stereocenters. The standard InChI is InChI=1S/C17H23NO3/c1-3-18(16(19)12-17(20)21-4-2)15-11-7-9-13-8-5-6-10-14(13)15/h5-6,8,10,15H,3-4,7,9,11-12H2,1-2H3/t15-/m0/s1. The molecule has 0 heterocycles. The van der Waals surface area contributed by atoms with Crippen molar-refractivity contribution >= 4 is 11.9 Å². The molecule has 0 N–H and O–H groups in total. The number of hydrogen-bond acceptors (Lipinski definition) is 3. The minimum Gasteiger partial charge on any atom is -0.466 e. The minimum atomic E-state index is -0.440. The third-order valence-corrected chi connectivity index (χ3v) is 3.98. The van der Waals surface area contributed by atoms with Crippen LogP contribution in [0.25, 0.3) is 0 Å². The molecule has 0 bridgehead atoms. The van der Waals surface area contributed by atoms with E-state index in [1.54, 1.807) is 6.92 Å². The van der Waals surface area contributed by atoms with Crippen LogP contribution in [0.15, 0.2) is 24.3 Å². The summed E-state index contributed by atoms with van der Waals surface area (Å²) >= 11 is 0. The van der Waals surface area contributed by atoms with E-state index in [0.717, 1.165) is 19.3 Å². The van der Waals surface area contributed by atoms with Crippen LogP contribution in [0.1, 0.15) is 50.3 Å². The number of nitrogens with zero attached hydrogens (tertiary/aromatic N) is 1. The Morgan fingerprint density at radius 1 is 1.29 bits per heavy atom. The Morgan fingerprint density at radius 2 is 2.05 bits per heavy atom. The maximum atomic E-state index is 12.4. The Balaban J connectivity index is 2.15. The Labute approximate surface area is 126 Å². The van der Waals surface area contributed by atoms with Crippen molar-refractivity contribution in [3.63, 3.8) is 0 Å². The van der Waals surface area contributed by atoms with Gasteiger partial charge in [0.05, 0.1) is 12.6 Å². The molecule has 1 aromatic rings. The summed E-state index contributed by atoms with van der Waals surface area (Å²) < 4.78 is 4.88. The van der Waals surface area contributed by atoms with E-state index in [4.69, 9.17) is 4.74 Å². The van der Waals surface area contributed by atoms with Gasteiger partial charge in [0.25, 0.3) is 0 Å². The highest BCUT2D eigenvalue weighted by Crippen LogP contribution is 2.34. The van der Waals surface area contributed by atoms with Gasteiger partial charge in [-0.05, 0) is 44.2 Å². The summed E-state index contributed by atoms with van der Waals surface area (Å²) in [6.45, 7) is 4.62. The predicted molar refractivity (Wildman–Crippen MR) is 80.8 cm³/mol. The Hall–Kier alpha value is -1.84. The smallest absolute Gasteiger partial charge is 0.315 e. The van der Waals surface area contributed by atoms with E-state index in [2.05, 4.69) is 12.1 Å². The highest BCUT2D eigenvalue weighted by Gasteiger charge is 2.29. The van der Waals surface area contributed by atoms with Crippen molar-refractivity contribution in [2.75, 3.05) is 13.2 Å². The minimum absolute atomic E-state index is 0.0851. The summed E-state index contributed by atoms with van der Waals surface area (Å²) in [6, 6.07) is 8.37. The first-order valence-electron chi connectivity index (χ1n) is 7.70. The first-order chi connectivity index (χ1) is 10.2. The van der Waals surface area contributed by atoms with Crippen LogP contribution in [0.3, 0.4) is 0 Å². The molecule has 4 heteroatoms. The van der Waals surface area contributed by atoms with E-state index in [1.807, 2.05) is 24.0 Å². The molecular weight excluding hydrogens is 266 g/mol. The average Bonchev–Trinajstić information content (AvgIpc) is 2.48. The predicted octanol–water partition coefficient (Wildman–Crippen LogP) is 2.87. The van der Waals surface area contributed by atoms with Gasteiger partial charge in [-0.3, -0.25) is 9.59 Å². The second-order valence-corrected chi connectivity index (χ2v) is 5.27. The van der Waals surface area contributed by atoms with Gasteiger partial charge in [0.1, 0.15) is 6.42 Å². The van der Waals surface area contributed by atoms with Crippen molar-refractivity contribution in [3.8, 4) is 0 Å². The number of aryl methyl sites for hydroxylation is 1. The molecule has 1 aliphatic rings. The fourth-order valence-corrected chi connectivity index (χ4v) is 3.06. The maximum Gasteiger partial charge on any atom is 0.315 e. The van der Waals surface area contributed by atoms with Crippen LogP contribution in [-0.4, -0.2) is 29.9 Å². The number of carbonyl (C=O) groups is 2. The highest BCUT2D eigenvalue weighted by atomic mass is 16.5. The van der Waals surface area contributed by atoms with Crippen LogP contribution in [0, 0.1) is 0 Å². The van der Waals surface area contributed by atoms with Gasteiger partial charge in [-0.2, -0.15) is 0 Å². The number of carbonyl (C=O) groups excluding carboxylic acids is 2. The Morgan fingerprint density at radius 3 is 2.76 bits per heavy atom. The summed E-state index contributed by atoms with van der Waals surface area (Å²) in [5.74, 6) is -0.581. The summed E-state index contributed by atoms with van der Waals surface area (Å²) in [6.07, 6.45) is 2.93. The van der Waals surface area contributed by atoms with Crippen LogP contribution in [0.2, 0.25) is 0 Å². The van der Waals surface area contributed by atoms with E-state index in [9.17, 15) is 9.59 Å². The molecule has 0 spiro atoms. The highest BCUT2D eigenvalue weighted by molar-refractivity contribution is 5.94. The molecule has 0 aliphatic heterocycles. The largest absolute Gasteiger partial charge is 0.466 e. The molecule has 1 aliphatic carbocycles. The number of fused-ring (bicyclic) bond motifs is 1. The summed E-state index contributed by atoms with van der Waals surface area (Å²) in [5.41, 5.74) is 2.54. The molecule has 0 saturated heterocycles. The zero-order valence-electron chi connectivity index (χ0n) is 12.8. The number of esters is 1. The van der Waals surface area contributed by atoms with Crippen LogP contribution < -0.4 is 0 Å². The molecule has 114 valence electrons. The van der Waals surface area contributed by atoms with Gasteiger partial charge in [0.2, 0.25) is 5.91 Å². The molecule has 21 heavy (non-hydrogen) atoms. The van der Waals surface area contributed by atoms with Gasteiger partial charge < -0.3 is 9.64 Å². The van der Waals surface area contributed by atoms with Gasteiger partial charge >= 0.3 is 5.97 Å². The van der Waals surface area contributed by atoms with Gasteiger partial charge in [0.15, 0.2) is 0 Å². The molecule has 0 saturated carbocycles. The van der Waals surface area contributed by atoms with Crippen molar-refractivity contribution in [2.24, 2.45) is 0 Å². The lowest BCUT2D eigenvalue weighted by Gasteiger charge is -2.35. The summed E-state index contributed by atoms with van der Waals surface area (Å²) in [7, 11) is 0. The molecule has 0 radical (unpaired) electrons. The Bertz CT molecular complexity index is 513. The topological polar surface area (TPSA) is 46.6 Å². The van der Waals surface area contributed by atoms with E-state index in [-0.39, 0.29) is 18.4 Å². The van der Waals surface area contributed by atoms with E-state index >= 15 is 0 Å². The average molecular weight is 289 g/mol. The lowest BCUT2D eigenvalue weighted by molar-refractivity contribution is -0.149. The number of benzene rings is 1. The van der Waals surface area contributed by atoms with Crippen LogP contribution in [0.5, 0.6) is 0 Å². The van der Waals surface area contributed by atoms with Crippen molar-refractivity contribution in [1.82, 2.24) is 4.90 Å². The SMILES string of the molecule is CCOC(=O)CC(=O)N(CC)[C@H]1CCCc2ccccc21. The molecule has 2 rings (SSSR count). The zero-order valence-corrected chi connectivity index (χ0v) is 12.8. The lowest BCUT2D eigenvalue weighted by Crippen LogP contribution is -2.37. The molecule has 0 fully saturated rings. The summed E-state index contributed by atoms with van der Waals surface area (Å²) in [4.78, 5) is 25.7. The van der Waals surface area contributed by atoms with E-state index in [0.29, 0.717) is 13.2 Å². The lowest BCUT2D eigenvalue weighted by atomic mass is 9.86. The third-order valence-electron chi connectivity index (χ3n) is 3.98. The van der Waals surface area contributed by atoms with Crippen molar-refractivity contribution < 1.29 is 14.3 Å². The number of hydrogen-bond donors (Lipinski definition) is 0. The van der Waals surface area contributed by atoms with Gasteiger partial charge in [-0.15, -0.1) is 0 Å². The molecule has 4 nitrogen and oxygen atoms in total. The quantitative estimate of drug-likeness (QED) is 0.618. The van der Waals surface area contributed by atoms with E-state index in [1.165, 1.54) is 11.1 Å². The molecule has 1 amide bonds. The van der Waals surface area contributed by atoms with Crippen molar-refractivity contribution in [2.45, 2.75) is 45.6 Å². The molecular formula is C17H23NO3. The van der Waals surface area contributed by atoms with Crippen LogP contribution in [-0.2, 0) is 20.7 Å². The first-order valence-corrected chi connectivity index (χ1v) is 7.70. The van der Waals surface area contributed by atoms with Gasteiger partial charge in [0, 0.05) is 6.54 Å². The fourth-order valence-electron chi connectivity index (χ4n) is 3.06. The molecule has 1 aromatic carbocycles. The number of amides is 1. The monoisotopic (exact) mass is 289 g/mol. The summed E-state index contributed by atoms with van der Waals surface area (Å²) in [5, 5.41) is 0.